The first-order valence-corrected chi connectivity index (χ1v) is 10.7. The van der Waals surface area contributed by atoms with Gasteiger partial charge in [-0.3, -0.25) is 0 Å². The molecule has 0 saturated carbocycles. The van der Waals surface area contributed by atoms with Crippen molar-refractivity contribution in [2.75, 3.05) is 19.8 Å². The maximum absolute atomic E-state index is 13.5. The maximum Gasteiger partial charge on any atom is 0.343 e. The highest BCUT2D eigenvalue weighted by atomic mass is 19.1. The summed E-state index contributed by atoms with van der Waals surface area (Å²) < 4.78 is 35.7. The fraction of sp³-hybridized carbons (Fsp3) is 0.360. The third-order valence-corrected chi connectivity index (χ3v) is 6.31. The second-order valence-electron chi connectivity index (χ2n) is 8.38. The number of carbonyl (C=O) groups excluding carboxylic acids is 2. The van der Waals surface area contributed by atoms with Gasteiger partial charge in [0.1, 0.15) is 11.4 Å². The van der Waals surface area contributed by atoms with Gasteiger partial charge in [-0.2, -0.15) is 0 Å². The van der Waals surface area contributed by atoms with Crippen LogP contribution in [0.5, 0.6) is 0 Å². The Hall–Kier alpha value is -3.03. The van der Waals surface area contributed by atoms with Gasteiger partial charge in [0, 0.05) is 12.8 Å². The Morgan fingerprint density at radius 3 is 2.44 bits per heavy atom. The Labute approximate surface area is 184 Å². The van der Waals surface area contributed by atoms with Crippen LogP contribution in [0, 0.1) is 19.7 Å². The van der Waals surface area contributed by atoms with Gasteiger partial charge in [0.15, 0.2) is 17.5 Å². The lowest BCUT2D eigenvalue weighted by Crippen LogP contribution is -2.40. The van der Waals surface area contributed by atoms with E-state index in [1.165, 1.54) is 12.1 Å². The first kappa shape index (κ1) is 20.8. The summed E-state index contributed by atoms with van der Waals surface area (Å²) in [7, 11) is 0. The molecule has 7 heteroatoms. The van der Waals surface area contributed by atoms with Gasteiger partial charge in [-0.25, -0.2) is 14.0 Å². The third kappa shape index (κ3) is 3.51. The standard InChI is InChI=1S/C25H23FO6/c1-14-3-8-18(16-4-6-17(26)7-5-16)15(2)20(14)21-22(31-23(27)19-13-30-19)25(32-24(21)28)9-11-29-12-10-25/h3-8,19H,9-13H2,1-2H3. The van der Waals surface area contributed by atoms with Gasteiger partial charge in [0.05, 0.1) is 19.8 Å². The highest BCUT2D eigenvalue weighted by molar-refractivity contribution is 6.21. The number of epoxide rings is 1. The number of aryl methyl sites for hydroxylation is 1. The number of benzene rings is 2. The van der Waals surface area contributed by atoms with Crippen molar-refractivity contribution in [1.29, 1.82) is 0 Å². The van der Waals surface area contributed by atoms with Crippen molar-refractivity contribution < 1.29 is 32.9 Å². The summed E-state index contributed by atoms with van der Waals surface area (Å²) in [5.41, 5.74) is 3.25. The van der Waals surface area contributed by atoms with E-state index in [1.807, 2.05) is 26.0 Å². The minimum Gasteiger partial charge on any atom is -0.447 e. The van der Waals surface area contributed by atoms with E-state index in [0.29, 0.717) is 38.2 Å². The van der Waals surface area contributed by atoms with E-state index in [-0.39, 0.29) is 17.1 Å². The highest BCUT2D eigenvalue weighted by Crippen LogP contribution is 2.47. The Balaban J connectivity index is 1.68. The van der Waals surface area contributed by atoms with Gasteiger partial charge >= 0.3 is 11.9 Å². The van der Waals surface area contributed by atoms with E-state index >= 15 is 0 Å². The Kier molecular flexibility index (Phi) is 5.10. The zero-order valence-corrected chi connectivity index (χ0v) is 17.9. The molecule has 0 amide bonds. The fourth-order valence-corrected chi connectivity index (χ4v) is 4.51. The van der Waals surface area contributed by atoms with Gasteiger partial charge in [0.2, 0.25) is 0 Å². The quantitative estimate of drug-likeness (QED) is 0.533. The number of carbonyl (C=O) groups is 2. The van der Waals surface area contributed by atoms with Crippen LogP contribution in [0.2, 0.25) is 0 Å². The largest absolute Gasteiger partial charge is 0.447 e. The molecule has 6 nitrogen and oxygen atoms in total. The van der Waals surface area contributed by atoms with Crippen molar-refractivity contribution in [2.24, 2.45) is 0 Å². The summed E-state index contributed by atoms with van der Waals surface area (Å²) in [5.74, 6) is -1.12. The van der Waals surface area contributed by atoms with E-state index in [9.17, 15) is 14.0 Å². The molecule has 5 rings (SSSR count). The number of rotatable bonds is 4. The van der Waals surface area contributed by atoms with Crippen LogP contribution in [0.15, 0.2) is 42.2 Å². The minimum absolute atomic E-state index is 0.244. The first-order chi connectivity index (χ1) is 15.4. The molecule has 2 aromatic carbocycles. The molecule has 32 heavy (non-hydrogen) atoms. The lowest BCUT2D eigenvalue weighted by Gasteiger charge is -2.33. The normalized spacial score (nSPS) is 21.6. The molecule has 1 spiro atoms. The maximum atomic E-state index is 13.5. The highest BCUT2D eigenvalue weighted by Gasteiger charge is 2.53. The van der Waals surface area contributed by atoms with Crippen molar-refractivity contribution in [1.82, 2.24) is 0 Å². The zero-order valence-electron chi connectivity index (χ0n) is 17.9. The van der Waals surface area contributed by atoms with E-state index in [4.69, 9.17) is 18.9 Å². The molecule has 0 radical (unpaired) electrons. The van der Waals surface area contributed by atoms with Crippen molar-refractivity contribution in [3.63, 3.8) is 0 Å². The summed E-state index contributed by atoms with van der Waals surface area (Å²) in [6, 6.07) is 10.0. The van der Waals surface area contributed by atoms with Crippen molar-refractivity contribution in [3.05, 3.63) is 64.7 Å². The molecular formula is C25H23FO6. The second kappa shape index (κ2) is 7.83. The van der Waals surface area contributed by atoms with Crippen LogP contribution in [0.4, 0.5) is 4.39 Å². The molecule has 3 aliphatic rings. The van der Waals surface area contributed by atoms with Crippen molar-refractivity contribution in [2.45, 2.75) is 38.4 Å². The molecule has 1 atom stereocenters. The average Bonchev–Trinajstić information content (AvgIpc) is 3.59. The van der Waals surface area contributed by atoms with Crippen LogP contribution in [-0.2, 0) is 28.5 Å². The number of hydrogen-bond donors (Lipinski definition) is 0. The van der Waals surface area contributed by atoms with Crippen molar-refractivity contribution >= 4 is 17.5 Å². The monoisotopic (exact) mass is 438 g/mol. The smallest absolute Gasteiger partial charge is 0.343 e. The Bertz CT molecular complexity index is 1120. The number of ether oxygens (including phenoxy) is 4. The Morgan fingerprint density at radius 2 is 1.78 bits per heavy atom. The molecule has 3 aliphatic heterocycles. The van der Waals surface area contributed by atoms with Gasteiger partial charge < -0.3 is 18.9 Å². The van der Waals surface area contributed by atoms with E-state index in [1.54, 1.807) is 12.1 Å². The zero-order chi connectivity index (χ0) is 22.5. The first-order valence-electron chi connectivity index (χ1n) is 10.7. The second-order valence-corrected chi connectivity index (χ2v) is 8.38. The van der Waals surface area contributed by atoms with Crippen LogP contribution < -0.4 is 0 Å². The molecule has 3 heterocycles. The van der Waals surface area contributed by atoms with E-state index in [2.05, 4.69) is 0 Å². The van der Waals surface area contributed by atoms with Crippen LogP contribution >= 0.6 is 0 Å². The summed E-state index contributed by atoms with van der Waals surface area (Å²) in [6.45, 7) is 4.91. The molecule has 0 aromatic heterocycles. The molecule has 0 bridgehead atoms. The lowest BCUT2D eigenvalue weighted by molar-refractivity contribution is -0.161. The van der Waals surface area contributed by atoms with Crippen LogP contribution in [0.1, 0.15) is 29.5 Å². The summed E-state index contributed by atoms with van der Waals surface area (Å²) in [4.78, 5) is 25.8. The van der Waals surface area contributed by atoms with Crippen LogP contribution in [0.3, 0.4) is 0 Å². The van der Waals surface area contributed by atoms with E-state index in [0.717, 1.165) is 22.3 Å². The molecule has 1 unspecified atom stereocenters. The van der Waals surface area contributed by atoms with E-state index < -0.39 is 23.6 Å². The summed E-state index contributed by atoms with van der Waals surface area (Å²) in [5, 5.41) is 0. The molecule has 2 fully saturated rings. The molecular weight excluding hydrogens is 415 g/mol. The van der Waals surface area contributed by atoms with Gasteiger partial charge in [0.25, 0.3) is 0 Å². The molecule has 0 aliphatic carbocycles. The molecule has 0 N–H and O–H groups in total. The Morgan fingerprint density at radius 1 is 1.09 bits per heavy atom. The van der Waals surface area contributed by atoms with Crippen LogP contribution in [-0.4, -0.2) is 43.5 Å². The minimum atomic E-state index is -1.03. The fourth-order valence-electron chi connectivity index (χ4n) is 4.51. The molecule has 166 valence electrons. The topological polar surface area (TPSA) is 74.4 Å². The van der Waals surface area contributed by atoms with Crippen molar-refractivity contribution in [3.8, 4) is 11.1 Å². The van der Waals surface area contributed by atoms with Crippen LogP contribution in [0.25, 0.3) is 16.7 Å². The van der Waals surface area contributed by atoms with Gasteiger partial charge in [-0.1, -0.05) is 24.3 Å². The third-order valence-electron chi connectivity index (χ3n) is 6.31. The number of hydrogen-bond acceptors (Lipinski definition) is 6. The number of esters is 2. The lowest BCUT2D eigenvalue weighted by atomic mass is 9.85. The average molecular weight is 438 g/mol. The number of halogens is 1. The van der Waals surface area contributed by atoms with Gasteiger partial charge in [-0.05, 0) is 53.8 Å². The summed E-state index contributed by atoms with van der Waals surface area (Å²) in [6.07, 6.45) is 0.210. The predicted molar refractivity (Wildman–Crippen MR) is 113 cm³/mol. The SMILES string of the molecule is Cc1ccc(-c2ccc(F)cc2)c(C)c1C1=C(OC(=O)C2CO2)C2(CCOCC2)OC1=O. The molecule has 2 aromatic rings. The predicted octanol–water partition coefficient (Wildman–Crippen LogP) is 3.87. The molecule has 2 saturated heterocycles. The summed E-state index contributed by atoms with van der Waals surface area (Å²) >= 11 is 0. The van der Waals surface area contributed by atoms with Gasteiger partial charge in [-0.15, -0.1) is 0 Å².